The quantitative estimate of drug-likeness (QED) is 0.163. The molecule has 3 heteroatoms. The summed E-state index contributed by atoms with van der Waals surface area (Å²) in [6, 6.07) is 78.0. The highest BCUT2D eigenvalue weighted by Gasteiger charge is 2.19. The van der Waals surface area contributed by atoms with Crippen molar-refractivity contribution in [2.45, 2.75) is 0 Å². The van der Waals surface area contributed by atoms with Crippen LogP contribution in [0.4, 0.5) is 17.1 Å². The fraction of sp³-hybridized carbons (Fsp3) is 0. The van der Waals surface area contributed by atoms with Gasteiger partial charge in [-0.05, 0) is 88.5 Å². The first kappa shape index (κ1) is 32.8. The summed E-state index contributed by atoms with van der Waals surface area (Å²) in [7, 11) is 0. The Balaban J connectivity index is 1.04. The molecule has 11 rings (SSSR count). The predicted molar refractivity (Wildman–Crippen MR) is 239 cm³/mol. The van der Waals surface area contributed by atoms with Gasteiger partial charge in [0.1, 0.15) is 11.2 Å². The number of furan rings is 1. The lowest BCUT2D eigenvalue weighted by atomic mass is 9.94. The molecule has 2 heterocycles. The molecule has 268 valence electrons. The van der Waals surface area contributed by atoms with Crippen LogP contribution in [-0.2, 0) is 0 Å². The number of benzene rings is 9. The maximum atomic E-state index is 6.41. The Morgan fingerprint density at radius 2 is 0.842 bits per heavy atom. The predicted octanol–water partition coefficient (Wildman–Crippen LogP) is 15.2. The summed E-state index contributed by atoms with van der Waals surface area (Å²) in [6.45, 7) is 0. The van der Waals surface area contributed by atoms with E-state index in [9.17, 15) is 0 Å². The van der Waals surface area contributed by atoms with Gasteiger partial charge in [-0.1, -0.05) is 152 Å². The maximum Gasteiger partial charge on any atom is 0.137 e. The molecule has 0 atom stereocenters. The van der Waals surface area contributed by atoms with Gasteiger partial charge in [0, 0.05) is 55.9 Å². The molecular formula is C54H36N2O. The first-order chi connectivity index (χ1) is 28.3. The molecule has 0 unspecified atom stereocenters. The van der Waals surface area contributed by atoms with E-state index in [4.69, 9.17) is 4.42 Å². The van der Waals surface area contributed by atoms with Gasteiger partial charge in [-0.15, -0.1) is 0 Å². The molecule has 0 aliphatic carbocycles. The number of aromatic nitrogens is 1. The normalized spacial score (nSPS) is 11.5. The highest BCUT2D eigenvalue weighted by atomic mass is 16.3. The van der Waals surface area contributed by atoms with E-state index in [1.807, 2.05) is 12.1 Å². The van der Waals surface area contributed by atoms with Crippen LogP contribution in [0.1, 0.15) is 0 Å². The van der Waals surface area contributed by atoms with Crippen LogP contribution >= 0.6 is 0 Å². The van der Waals surface area contributed by atoms with Crippen molar-refractivity contribution in [3.8, 4) is 39.1 Å². The van der Waals surface area contributed by atoms with Crippen LogP contribution in [0.5, 0.6) is 0 Å². The minimum Gasteiger partial charge on any atom is -0.456 e. The number of hydrogen-bond donors (Lipinski definition) is 0. The highest BCUT2D eigenvalue weighted by Crippen LogP contribution is 2.42. The van der Waals surface area contributed by atoms with E-state index in [0.29, 0.717) is 0 Å². The summed E-state index contributed by atoms with van der Waals surface area (Å²) in [4.78, 5) is 2.32. The molecular weight excluding hydrogens is 693 g/mol. The van der Waals surface area contributed by atoms with Gasteiger partial charge in [0.05, 0.1) is 11.0 Å². The molecule has 3 nitrogen and oxygen atoms in total. The van der Waals surface area contributed by atoms with E-state index in [2.05, 4.69) is 216 Å². The van der Waals surface area contributed by atoms with E-state index in [0.717, 1.165) is 50.3 Å². The standard InChI is InChI=1S/C54H36N2O/c1-3-14-37(15-4-1)44-18-7-8-19-45(44)38-26-30-41(31-27-38)55(43-34-35-49-48-21-10-12-25-52(48)57-53(49)36-43)42-32-28-39(29-33-42)46-22-13-23-50-47-20-9-11-24-51(47)56(54(46)50)40-16-5-2-6-17-40/h1-36H. The summed E-state index contributed by atoms with van der Waals surface area (Å²) in [5.41, 5.74) is 15.6. The Labute approximate surface area is 330 Å². The van der Waals surface area contributed by atoms with Crippen LogP contribution in [0.25, 0.3) is 82.8 Å². The van der Waals surface area contributed by atoms with Gasteiger partial charge >= 0.3 is 0 Å². The number of nitrogens with zero attached hydrogens (tertiary/aromatic N) is 2. The fourth-order valence-corrected chi connectivity index (χ4v) is 8.58. The second kappa shape index (κ2) is 13.6. The third-order valence-electron chi connectivity index (χ3n) is 11.2. The summed E-state index contributed by atoms with van der Waals surface area (Å²) in [5.74, 6) is 0. The Bertz CT molecular complexity index is 3210. The molecule has 0 saturated carbocycles. The van der Waals surface area contributed by atoms with Crippen LogP contribution in [0.3, 0.4) is 0 Å². The number of rotatable bonds is 7. The second-order valence-electron chi connectivity index (χ2n) is 14.5. The number of fused-ring (bicyclic) bond motifs is 6. The van der Waals surface area contributed by atoms with Gasteiger partial charge in [-0.3, -0.25) is 0 Å². The van der Waals surface area contributed by atoms with Crippen molar-refractivity contribution in [3.05, 3.63) is 218 Å². The van der Waals surface area contributed by atoms with Gasteiger partial charge < -0.3 is 13.9 Å². The van der Waals surface area contributed by atoms with Gasteiger partial charge in [-0.2, -0.15) is 0 Å². The minimum absolute atomic E-state index is 0.865. The third kappa shape index (κ3) is 5.60. The van der Waals surface area contributed by atoms with E-state index >= 15 is 0 Å². The molecule has 0 amide bonds. The smallest absolute Gasteiger partial charge is 0.137 e. The molecule has 57 heavy (non-hydrogen) atoms. The Morgan fingerprint density at radius 3 is 1.56 bits per heavy atom. The summed E-state index contributed by atoms with van der Waals surface area (Å²) >= 11 is 0. The van der Waals surface area contributed by atoms with Crippen LogP contribution in [0, 0.1) is 0 Å². The van der Waals surface area contributed by atoms with Crippen molar-refractivity contribution in [1.82, 2.24) is 4.57 Å². The lowest BCUT2D eigenvalue weighted by molar-refractivity contribution is 0.669. The van der Waals surface area contributed by atoms with Crippen molar-refractivity contribution in [1.29, 1.82) is 0 Å². The zero-order valence-electron chi connectivity index (χ0n) is 31.1. The Hall–Kier alpha value is -7.62. The average Bonchev–Trinajstić information content (AvgIpc) is 3.83. The molecule has 0 N–H and O–H groups in total. The monoisotopic (exact) mass is 728 g/mol. The Morgan fingerprint density at radius 1 is 0.333 bits per heavy atom. The molecule has 0 saturated heterocycles. The first-order valence-corrected chi connectivity index (χ1v) is 19.4. The Kier molecular flexibility index (Phi) is 7.82. The average molecular weight is 729 g/mol. The van der Waals surface area contributed by atoms with E-state index < -0.39 is 0 Å². The van der Waals surface area contributed by atoms with Crippen molar-refractivity contribution >= 4 is 60.8 Å². The summed E-state index contributed by atoms with van der Waals surface area (Å²) in [5, 5.41) is 4.72. The maximum absolute atomic E-state index is 6.41. The van der Waals surface area contributed by atoms with E-state index in [1.54, 1.807) is 0 Å². The molecule has 0 spiro atoms. The van der Waals surface area contributed by atoms with Crippen molar-refractivity contribution in [3.63, 3.8) is 0 Å². The van der Waals surface area contributed by atoms with Gasteiger partial charge in [-0.25, -0.2) is 0 Å². The topological polar surface area (TPSA) is 21.3 Å². The van der Waals surface area contributed by atoms with Crippen molar-refractivity contribution in [2.24, 2.45) is 0 Å². The summed E-state index contributed by atoms with van der Waals surface area (Å²) in [6.07, 6.45) is 0. The fourth-order valence-electron chi connectivity index (χ4n) is 8.58. The molecule has 0 radical (unpaired) electrons. The zero-order chi connectivity index (χ0) is 37.7. The number of para-hydroxylation sites is 4. The molecule has 0 aliphatic heterocycles. The second-order valence-corrected chi connectivity index (χ2v) is 14.5. The SMILES string of the molecule is c1ccc(-c2ccccc2-c2ccc(N(c3ccc(-c4cccc5c6ccccc6n(-c6ccccc6)c45)cc3)c3ccc4c(c3)oc3ccccc34)cc2)cc1. The number of hydrogen-bond acceptors (Lipinski definition) is 2. The lowest BCUT2D eigenvalue weighted by Crippen LogP contribution is -2.09. The largest absolute Gasteiger partial charge is 0.456 e. The van der Waals surface area contributed by atoms with Crippen molar-refractivity contribution in [2.75, 3.05) is 4.90 Å². The van der Waals surface area contributed by atoms with Crippen LogP contribution in [-0.4, -0.2) is 4.57 Å². The summed E-state index contributed by atoms with van der Waals surface area (Å²) < 4.78 is 8.81. The van der Waals surface area contributed by atoms with E-state index in [-0.39, 0.29) is 0 Å². The molecule has 0 aliphatic rings. The van der Waals surface area contributed by atoms with Gasteiger partial charge in [0.15, 0.2) is 0 Å². The molecule has 2 aromatic heterocycles. The molecule has 9 aromatic carbocycles. The molecule has 0 fully saturated rings. The van der Waals surface area contributed by atoms with Gasteiger partial charge in [0.25, 0.3) is 0 Å². The lowest BCUT2D eigenvalue weighted by Gasteiger charge is -2.26. The van der Waals surface area contributed by atoms with Crippen LogP contribution < -0.4 is 4.90 Å². The van der Waals surface area contributed by atoms with Crippen LogP contribution in [0.2, 0.25) is 0 Å². The zero-order valence-corrected chi connectivity index (χ0v) is 31.1. The number of anilines is 3. The van der Waals surface area contributed by atoms with E-state index in [1.165, 1.54) is 49.6 Å². The third-order valence-corrected chi connectivity index (χ3v) is 11.2. The highest BCUT2D eigenvalue weighted by molar-refractivity contribution is 6.14. The molecule has 0 bridgehead atoms. The minimum atomic E-state index is 0.865. The van der Waals surface area contributed by atoms with Crippen LogP contribution in [0.15, 0.2) is 223 Å². The first-order valence-electron chi connectivity index (χ1n) is 19.4. The molecule has 11 aromatic rings. The van der Waals surface area contributed by atoms with Crippen molar-refractivity contribution < 1.29 is 4.42 Å². The van der Waals surface area contributed by atoms with Gasteiger partial charge in [0.2, 0.25) is 0 Å².